The number of halogens is 1. The number of hydrogen-bond donors (Lipinski definition) is 1. The van der Waals surface area contributed by atoms with Crippen LogP contribution in [-0.2, 0) is 11.3 Å². The van der Waals surface area contributed by atoms with Crippen LogP contribution in [0.3, 0.4) is 0 Å². The van der Waals surface area contributed by atoms with Crippen LogP contribution < -0.4 is 5.32 Å². The number of hydrogen-bond acceptors (Lipinski definition) is 3. The summed E-state index contributed by atoms with van der Waals surface area (Å²) in [5, 5.41) is 3.47. The van der Waals surface area contributed by atoms with Crippen molar-refractivity contribution in [1.82, 2.24) is 10.2 Å². The van der Waals surface area contributed by atoms with Crippen LogP contribution in [0, 0.1) is 6.92 Å². The first kappa shape index (κ1) is 14.0. The fourth-order valence-electron chi connectivity index (χ4n) is 2.15. The van der Waals surface area contributed by atoms with Crippen LogP contribution in [0.2, 0.25) is 0 Å². The molecule has 0 aromatic heterocycles. The number of nitrogens with zero attached hydrogens (tertiary/aromatic N) is 1. The van der Waals surface area contributed by atoms with Gasteiger partial charge in [0.15, 0.2) is 0 Å². The van der Waals surface area contributed by atoms with E-state index in [0.29, 0.717) is 6.10 Å². The molecule has 18 heavy (non-hydrogen) atoms. The molecule has 1 saturated heterocycles. The van der Waals surface area contributed by atoms with Crippen molar-refractivity contribution < 1.29 is 4.74 Å². The molecule has 4 heteroatoms. The predicted octanol–water partition coefficient (Wildman–Crippen LogP) is 2.18. The minimum Gasteiger partial charge on any atom is -0.374 e. The van der Waals surface area contributed by atoms with Crippen LogP contribution in [0.5, 0.6) is 0 Å². The molecule has 1 aliphatic rings. The van der Waals surface area contributed by atoms with Gasteiger partial charge in [0.2, 0.25) is 0 Å². The molecule has 1 N–H and O–H groups in total. The van der Waals surface area contributed by atoms with Gasteiger partial charge in [-0.25, -0.2) is 0 Å². The first-order valence-corrected chi connectivity index (χ1v) is 7.20. The van der Waals surface area contributed by atoms with Gasteiger partial charge in [0.05, 0.1) is 12.7 Å². The zero-order valence-electron chi connectivity index (χ0n) is 11.1. The Morgan fingerprint density at radius 3 is 3.06 bits per heavy atom. The Morgan fingerprint density at radius 1 is 1.50 bits per heavy atom. The summed E-state index contributed by atoms with van der Waals surface area (Å²) in [6, 6.07) is 6.47. The van der Waals surface area contributed by atoms with E-state index >= 15 is 0 Å². The topological polar surface area (TPSA) is 24.5 Å². The molecule has 100 valence electrons. The van der Waals surface area contributed by atoms with Gasteiger partial charge in [-0.05, 0) is 31.2 Å². The van der Waals surface area contributed by atoms with Gasteiger partial charge in [-0.15, -0.1) is 0 Å². The van der Waals surface area contributed by atoms with E-state index in [1.807, 2.05) is 0 Å². The van der Waals surface area contributed by atoms with Gasteiger partial charge in [-0.3, -0.25) is 0 Å². The lowest BCUT2D eigenvalue weighted by atomic mass is 10.1. The molecule has 1 aromatic carbocycles. The van der Waals surface area contributed by atoms with Crippen molar-refractivity contribution in [3.05, 3.63) is 33.8 Å². The number of benzene rings is 1. The first-order chi connectivity index (χ1) is 8.65. The van der Waals surface area contributed by atoms with Crippen molar-refractivity contribution in [2.75, 3.05) is 33.3 Å². The van der Waals surface area contributed by atoms with Gasteiger partial charge in [-0.2, -0.15) is 0 Å². The molecular formula is C14H21BrN2O. The van der Waals surface area contributed by atoms with E-state index in [0.717, 1.165) is 32.8 Å². The van der Waals surface area contributed by atoms with E-state index in [2.05, 4.69) is 58.3 Å². The molecule has 3 nitrogen and oxygen atoms in total. The molecule has 2 rings (SSSR count). The maximum Gasteiger partial charge on any atom is 0.0826 e. The molecular weight excluding hydrogens is 292 g/mol. The van der Waals surface area contributed by atoms with E-state index < -0.39 is 0 Å². The van der Waals surface area contributed by atoms with Crippen molar-refractivity contribution in [1.29, 1.82) is 0 Å². The van der Waals surface area contributed by atoms with Crippen molar-refractivity contribution in [3.63, 3.8) is 0 Å². The molecule has 1 fully saturated rings. The fraction of sp³-hybridized carbons (Fsp3) is 0.571. The van der Waals surface area contributed by atoms with Gasteiger partial charge < -0.3 is 15.0 Å². The summed E-state index contributed by atoms with van der Waals surface area (Å²) in [6.45, 7) is 6.79. The monoisotopic (exact) mass is 312 g/mol. The van der Waals surface area contributed by atoms with E-state index in [1.165, 1.54) is 15.6 Å². The number of ether oxygens (including phenoxy) is 1. The quantitative estimate of drug-likeness (QED) is 0.922. The lowest BCUT2D eigenvalue weighted by Crippen LogP contribution is -2.44. The van der Waals surface area contributed by atoms with Gasteiger partial charge in [0.25, 0.3) is 0 Å². The molecule has 1 aliphatic heterocycles. The summed E-state index contributed by atoms with van der Waals surface area (Å²) in [7, 11) is 2.14. The normalized spacial score (nSPS) is 21.2. The highest BCUT2D eigenvalue weighted by molar-refractivity contribution is 9.10. The zero-order valence-corrected chi connectivity index (χ0v) is 12.7. The number of rotatable bonds is 4. The highest BCUT2D eigenvalue weighted by Crippen LogP contribution is 2.18. The van der Waals surface area contributed by atoms with Crippen molar-refractivity contribution in [2.24, 2.45) is 0 Å². The summed E-state index contributed by atoms with van der Waals surface area (Å²) in [4.78, 5) is 2.32. The minimum absolute atomic E-state index is 0.313. The smallest absolute Gasteiger partial charge is 0.0826 e. The molecule has 0 bridgehead atoms. The van der Waals surface area contributed by atoms with Crippen LogP contribution >= 0.6 is 15.9 Å². The van der Waals surface area contributed by atoms with E-state index in [9.17, 15) is 0 Å². The third-order valence-electron chi connectivity index (χ3n) is 3.24. The molecule has 0 amide bonds. The maximum atomic E-state index is 5.72. The fourth-order valence-corrected chi connectivity index (χ4v) is 2.79. The van der Waals surface area contributed by atoms with Gasteiger partial charge >= 0.3 is 0 Å². The molecule has 1 unspecified atom stereocenters. The summed E-state index contributed by atoms with van der Waals surface area (Å²) < 4.78 is 6.90. The molecule has 0 radical (unpaired) electrons. The Morgan fingerprint density at radius 2 is 2.33 bits per heavy atom. The lowest BCUT2D eigenvalue weighted by molar-refractivity contribution is -0.0182. The average molecular weight is 313 g/mol. The lowest BCUT2D eigenvalue weighted by Gasteiger charge is -2.30. The molecule has 1 aromatic rings. The third-order valence-corrected chi connectivity index (χ3v) is 3.98. The largest absolute Gasteiger partial charge is 0.374 e. The number of nitrogens with one attached hydrogen (secondary N) is 1. The van der Waals surface area contributed by atoms with Crippen molar-refractivity contribution in [3.8, 4) is 0 Å². The second kappa shape index (κ2) is 6.66. The number of morpholine rings is 1. The second-order valence-electron chi connectivity index (χ2n) is 4.98. The summed E-state index contributed by atoms with van der Waals surface area (Å²) >= 11 is 3.60. The summed E-state index contributed by atoms with van der Waals surface area (Å²) in [5.74, 6) is 0. The molecule has 0 spiro atoms. The Hall–Kier alpha value is -0.420. The minimum atomic E-state index is 0.313. The maximum absolute atomic E-state index is 5.72. The van der Waals surface area contributed by atoms with Crippen LogP contribution in [-0.4, -0.2) is 44.3 Å². The Balaban J connectivity index is 1.77. The molecule has 1 heterocycles. The van der Waals surface area contributed by atoms with Crippen LogP contribution in [0.4, 0.5) is 0 Å². The Kier molecular flexibility index (Phi) is 5.18. The highest BCUT2D eigenvalue weighted by Gasteiger charge is 2.16. The zero-order chi connectivity index (χ0) is 13.0. The Labute approximate surface area is 118 Å². The van der Waals surface area contributed by atoms with Crippen LogP contribution in [0.1, 0.15) is 11.1 Å². The number of aryl methyl sites for hydroxylation is 1. The van der Waals surface area contributed by atoms with Gasteiger partial charge in [-0.1, -0.05) is 28.1 Å². The van der Waals surface area contributed by atoms with Crippen molar-refractivity contribution >= 4 is 15.9 Å². The standard InChI is InChI=1S/C14H21BrN2O/c1-11-3-4-12(14(15)7-11)8-16-9-13-10-17(2)5-6-18-13/h3-4,7,13,16H,5-6,8-10H2,1-2H3. The van der Waals surface area contributed by atoms with Crippen LogP contribution in [0.15, 0.2) is 22.7 Å². The van der Waals surface area contributed by atoms with Gasteiger partial charge in [0, 0.05) is 30.7 Å². The van der Waals surface area contributed by atoms with Crippen LogP contribution in [0.25, 0.3) is 0 Å². The summed E-state index contributed by atoms with van der Waals surface area (Å²) in [5.41, 5.74) is 2.58. The second-order valence-corrected chi connectivity index (χ2v) is 5.84. The molecule has 0 saturated carbocycles. The SMILES string of the molecule is Cc1ccc(CNCC2CN(C)CCO2)c(Br)c1. The van der Waals surface area contributed by atoms with Gasteiger partial charge in [0.1, 0.15) is 0 Å². The number of likely N-dealkylation sites (N-methyl/N-ethyl adjacent to an activating group) is 1. The van der Waals surface area contributed by atoms with E-state index in [1.54, 1.807) is 0 Å². The average Bonchev–Trinajstić information content (AvgIpc) is 2.32. The predicted molar refractivity (Wildman–Crippen MR) is 77.8 cm³/mol. The third kappa shape index (κ3) is 4.05. The van der Waals surface area contributed by atoms with E-state index in [4.69, 9.17) is 4.74 Å². The first-order valence-electron chi connectivity index (χ1n) is 6.41. The molecule has 1 atom stereocenters. The van der Waals surface area contributed by atoms with E-state index in [-0.39, 0.29) is 0 Å². The highest BCUT2D eigenvalue weighted by atomic mass is 79.9. The molecule has 0 aliphatic carbocycles. The Bertz CT molecular complexity index is 397. The summed E-state index contributed by atoms with van der Waals surface area (Å²) in [6.07, 6.45) is 0.313. The van der Waals surface area contributed by atoms with Crippen molar-refractivity contribution in [2.45, 2.75) is 19.6 Å².